The molecule has 0 radical (unpaired) electrons. The molecule has 0 aliphatic heterocycles. The number of hydrogen-bond acceptors (Lipinski definition) is 3. The number of sulfonamides is 1. The monoisotopic (exact) mass is 390 g/mol. The number of carbonyl (C=O) groups excluding carboxylic acids is 1. The summed E-state index contributed by atoms with van der Waals surface area (Å²) >= 11 is 0. The van der Waals surface area contributed by atoms with Crippen LogP contribution in [0.15, 0.2) is 53.4 Å². The van der Waals surface area contributed by atoms with E-state index in [1.807, 2.05) is 13.8 Å². The smallest absolute Gasteiger partial charge is 0.264 e. The lowest BCUT2D eigenvalue weighted by Gasteiger charge is -2.19. The molecule has 0 spiro atoms. The van der Waals surface area contributed by atoms with Crippen LogP contribution in [0.5, 0.6) is 0 Å². The molecule has 144 valence electrons. The summed E-state index contributed by atoms with van der Waals surface area (Å²) < 4.78 is 40.9. The summed E-state index contributed by atoms with van der Waals surface area (Å²) in [4.78, 5) is 12.2. The van der Waals surface area contributed by atoms with Gasteiger partial charge in [0.05, 0.1) is 5.41 Å². The van der Waals surface area contributed by atoms with Gasteiger partial charge in [-0.2, -0.15) is 0 Å². The molecule has 5 nitrogen and oxygen atoms in total. The first kappa shape index (κ1) is 19.4. The second-order valence-corrected chi connectivity index (χ2v) is 8.63. The maximum Gasteiger partial charge on any atom is 0.264 e. The highest BCUT2D eigenvalue weighted by Gasteiger charge is 2.51. The molecular formula is C20H23FN2O3S. The molecule has 0 heterocycles. The van der Waals surface area contributed by atoms with Crippen LogP contribution in [0, 0.1) is 5.82 Å². The van der Waals surface area contributed by atoms with Crippen molar-refractivity contribution in [1.29, 1.82) is 0 Å². The lowest BCUT2D eigenvalue weighted by Crippen LogP contribution is -2.39. The molecule has 1 aliphatic carbocycles. The predicted octanol–water partition coefficient (Wildman–Crippen LogP) is 3.57. The van der Waals surface area contributed by atoms with Gasteiger partial charge in [-0.3, -0.25) is 9.52 Å². The summed E-state index contributed by atoms with van der Waals surface area (Å²) in [6.45, 7) is 3.98. The van der Waals surface area contributed by atoms with E-state index in [9.17, 15) is 17.6 Å². The Morgan fingerprint density at radius 2 is 1.78 bits per heavy atom. The zero-order chi connectivity index (χ0) is 19.7. The number of anilines is 1. The molecule has 27 heavy (non-hydrogen) atoms. The Kier molecular flexibility index (Phi) is 5.24. The zero-order valence-electron chi connectivity index (χ0n) is 15.3. The molecule has 1 amide bonds. The molecule has 0 bridgehead atoms. The fourth-order valence-corrected chi connectivity index (χ4v) is 4.10. The molecule has 0 unspecified atom stereocenters. The van der Waals surface area contributed by atoms with Crippen LogP contribution in [0.2, 0.25) is 0 Å². The molecule has 1 atom stereocenters. The largest absolute Gasteiger partial charge is 0.353 e. The van der Waals surface area contributed by atoms with E-state index < -0.39 is 26.2 Å². The summed E-state index contributed by atoms with van der Waals surface area (Å²) in [7, 11) is -4.02. The van der Waals surface area contributed by atoms with Crippen molar-refractivity contribution < 1.29 is 17.6 Å². The average molecular weight is 390 g/mol. The third kappa shape index (κ3) is 3.98. The number of amides is 1. The van der Waals surface area contributed by atoms with Crippen molar-refractivity contribution in [1.82, 2.24) is 5.32 Å². The van der Waals surface area contributed by atoms with Crippen molar-refractivity contribution >= 4 is 21.6 Å². The highest BCUT2D eigenvalue weighted by Crippen LogP contribution is 2.48. The Morgan fingerprint density at radius 1 is 1.15 bits per heavy atom. The van der Waals surface area contributed by atoms with E-state index in [2.05, 4.69) is 10.0 Å². The summed E-state index contributed by atoms with van der Waals surface area (Å²) in [6.07, 6.45) is 2.41. The van der Waals surface area contributed by atoms with Crippen LogP contribution < -0.4 is 10.0 Å². The van der Waals surface area contributed by atoms with Crippen LogP contribution in [-0.2, 0) is 20.2 Å². The van der Waals surface area contributed by atoms with Crippen molar-refractivity contribution in [2.45, 2.75) is 49.5 Å². The van der Waals surface area contributed by atoms with Gasteiger partial charge in [0, 0.05) is 11.7 Å². The molecule has 2 aromatic rings. The Morgan fingerprint density at radius 3 is 2.33 bits per heavy atom. The van der Waals surface area contributed by atoms with Crippen LogP contribution >= 0.6 is 0 Å². The van der Waals surface area contributed by atoms with Crippen LogP contribution in [-0.4, -0.2) is 20.4 Å². The maximum atomic E-state index is 13.8. The van der Waals surface area contributed by atoms with Gasteiger partial charge in [-0.05, 0) is 56.0 Å². The van der Waals surface area contributed by atoms with E-state index in [0.29, 0.717) is 5.69 Å². The minimum absolute atomic E-state index is 0.0107. The third-order valence-corrected chi connectivity index (χ3v) is 6.40. The van der Waals surface area contributed by atoms with Crippen LogP contribution in [0.25, 0.3) is 0 Å². The minimum atomic E-state index is -4.02. The van der Waals surface area contributed by atoms with Gasteiger partial charge in [-0.1, -0.05) is 31.2 Å². The van der Waals surface area contributed by atoms with Crippen molar-refractivity contribution in [2.24, 2.45) is 0 Å². The number of halogens is 1. The Hall–Kier alpha value is -2.41. The van der Waals surface area contributed by atoms with Crippen molar-refractivity contribution in [3.05, 3.63) is 59.9 Å². The molecule has 2 N–H and O–H groups in total. The molecule has 7 heteroatoms. The summed E-state index contributed by atoms with van der Waals surface area (Å²) in [6, 6.07) is 12.0. The Labute approximate surface area is 159 Å². The van der Waals surface area contributed by atoms with E-state index in [0.717, 1.165) is 30.9 Å². The fraction of sp³-hybridized carbons (Fsp3) is 0.350. The van der Waals surface area contributed by atoms with Gasteiger partial charge >= 0.3 is 0 Å². The molecule has 1 saturated carbocycles. The van der Waals surface area contributed by atoms with E-state index >= 15 is 0 Å². The van der Waals surface area contributed by atoms with E-state index in [4.69, 9.17) is 0 Å². The second kappa shape index (κ2) is 7.31. The van der Waals surface area contributed by atoms with E-state index in [1.165, 1.54) is 18.2 Å². The number of hydrogen-bond donors (Lipinski definition) is 2. The maximum absolute atomic E-state index is 13.8. The highest BCUT2D eigenvalue weighted by molar-refractivity contribution is 7.92. The number of nitrogens with one attached hydrogen (secondary N) is 2. The topological polar surface area (TPSA) is 75.3 Å². The highest BCUT2D eigenvalue weighted by atomic mass is 32.2. The summed E-state index contributed by atoms with van der Waals surface area (Å²) in [5.74, 6) is -0.795. The fourth-order valence-electron chi connectivity index (χ4n) is 2.97. The first-order chi connectivity index (χ1) is 12.8. The van der Waals surface area contributed by atoms with Gasteiger partial charge < -0.3 is 5.32 Å². The molecule has 1 fully saturated rings. The van der Waals surface area contributed by atoms with Gasteiger partial charge in [0.25, 0.3) is 10.0 Å². The molecule has 2 aromatic carbocycles. The van der Waals surface area contributed by atoms with Crippen LogP contribution in [0.1, 0.15) is 38.7 Å². The van der Waals surface area contributed by atoms with Crippen LogP contribution in [0.3, 0.4) is 0 Å². The second-order valence-electron chi connectivity index (χ2n) is 6.98. The normalized spacial score (nSPS) is 16.4. The third-order valence-electron chi connectivity index (χ3n) is 4.99. The Bertz CT molecular complexity index is 938. The zero-order valence-corrected chi connectivity index (χ0v) is 16.1. The van der Waals surface area contributed by atoms with E-state index in [-0.39, 0.29) is 11.9 Å². The number of rotatable bonds is 7. The summed E-state index contributed by atoms with van der Waals surface area (Å²) in [5.41, 5.74) is 0.657. The number of benzene rings is 2. The van der Waals surface area contributed by atoms with Crippen LogP contribution in [0.4, 0.5) is 10.1 Å². The number of carbonyl (C=O) groups is 1. The first-order valence-corrected chi connectivity index (χ1v) is 10.5. The van der Waals surface area contributed by atoms with E-state index in [1.54, 1.807) is 24.3 Å². The van der Waals surface area contributed by atoms with Crippen molar-refractivity contribution in [3.8, 4) is 0 Å². The Balaban J connectivity index is 1.76. The van der Waals surface area contributed by atoms with Gasteiger partial charge in [-0.15, -0.1) is 0 Å². The lowest BCUT2D eigenvalue weighted by molar-refractivity contribution is -0.124. The SMILES string of the molecule is CC[C@H](C)NC(=O)C1(c2ccc(NS(=O)(=O)c3ccccc3F)cc2)CC1. The standard InChI is InChI=1S/C20H23FN2O3S/c1-3-14(2)22-19(24)20(12-13-20)15-8-10-16(11-9-15)23-27(25,26)18-7-5-4-6-17(18)21/h4-11,14,23H,3,12-13H2,1-2H3,(H,22,24)/t14-/m0/s1. The predicted molar refractivity (Wildman–Crippen MR) is 102 cm³/mol. The average Bonchev–Trinajstić information content (AvgIpc) is 3.44. The molecule has 0 saturated heterocycles. The molecule has 3 rings (SSSR count). The van der Waals surface area contributed by atoms with Gasteiger partial charge in [-0.25, -0.2) is 12.8 Å². The molecule has 1 aliphatic rings. The van der Waals surface area contributed by atoms with Gasteiger partial charge in [0.2, 0.25) is 5.91 Å². The van der Waals surface area contributed by atoms with Gasteiger partial charge in [0.1, 0.15) is 10.7 Å². The van der Waals surface area contributed by atoms with Gasteiger partial charge in [0.15, 0.2) is 0 Å². The van der Waals surface area contributed by atoms with Crippen molar-refractivity contribution in [3.63, 3.8) is 0 Å². The minimum Gasteiger partial charge on any atom is -0.353 e. The molecular weight excluding hydrogens is 367 g/mol. The quantitative estimate of drug-likeness (QED) is 0.759. The van der Waals surface area contributed by atoms with Crippen molar-refractivity contribution in [2.75, 3.05) is 4.72 Å². The molecule has 0 aromatic heterocycles. The first-order valence-electron chi connectivity index (χ1n) is 8.97. The summed E-state index contributed by atoms with van der Waals surface area (Å²) in [5, 5.41) is 3.02. The lowest BCUT2D eigenvalue weighted by atomic mass is 9.94.